The molecule has 0 fully saturated rings. The summed E-state index contributed by atoms with van der Waals surface area (Å²) in [5, 5.41) is 5.69. The number of hydrogen-bond donors (Lipinski definition) is 2. The van der Waals surface area contributed by atoms with Gasteiger partial charge in [0.15, 0.2) is 0 Å². The Labute approximate surface area is 141 Å². The first-order chi connectivity index (χ1) is 10.7. The topological polar surface area (TPSA) is 58.2 Å². The van der Waals surface area contributed by atoms with Crippen LogP contribution in [0.4, 0.5) is 0 Å². The van der Waals surface area contributed by atoms with Crippen molar-refractivity contribution in [1.82, 2.24) is 10.6 Å². The summed E-state index contributed by atoms with van der Waals surface area (Å²) in [5.74, 6) is 1.02. The lowest BCUT2D eigenvalue weighted by molar-refractivity contribution is -0.122. The first kappa shape index (κ1) is 18.8. The third-order valence-electron chi connectivity index (χ3n) is 3.08. The van der Waals surface area contributed by atoms with E-state index in [-0.39, 0.29) is 11.8 Å². The first-order valence-corrected chi connectivity index (χ1v) is 8.45. The Morgan fingerprint density at radius 1 is 0.773 bits per heavy atom. The minimum Gasteiger partial charge on any atom is -0.352 e. The van der Waals surface area contributed by atoms with Gasteiger partial charge in [0.1, 0.15) is 0 Å². The molecule has 1 rings (SSSR count). The Bertz CT molecular complexity index is 421. The number of rotatable bonds is 10. The van der Waals surface area contributed by atoms with Crippen LogP contribution in [0.5, 0.6) is 0 Å². The zero-order valence-corrected chi connectivity index (χ0v) is 14.1. The molecule has 0 radical (unpaired) electrons. The van der Waals surface area contributed by atoms with Crippen LogP contribution in [0, 0.1) is 0 Å². The van der Waals surface area contributed by atoms with E-state index in [1.54, 1.807) is 0 Å². The van der Waals surface area contributed by atoms with Gasteiger partial charge in [0.05, 0.1) is 0 Å². The standard InChI is InChI=1S/C16H22Cl2N2O2/c17-9-1-3-15(21)19-11-13-5-7-14(8-6-13)12-20-16(22)4-2-10-18/h5-8H,1-4,9-12H2,(H,19,21)(H,20,22). The molecule has 0 aliphatic carbocycles. The van der Waals surface area contributed by atoms with E-state index in [2.05, 4.69) is 10.6 Å². The molecule has 0 saturated heterocycles. The number of carbonyl (C=O) groups excluding carboxylic acids is 2. The van der Waals surface area contributed by atoms with Gasteiger partial charge in [-0.2, -0.15) is 0 Å². The van der Waals surface area contributed by atoms with Crippen LogP contribution in [-0.2, 0) is 22.7 Å². The summed E-state index contributed by atoms with van der Waals surface area (Å²) in [6.45, 7) is 1.01. The molecular weight excluding hydrogens is 323 g/mol. The van der Waals surface area contributed by atoms with E-state index in [0.717, 1.165) is 11.1 Å². The number of nitrogens with one attached hydrogen (secondary N) is 2. The van der Waals surface area contributed by atoms with Crippen molar-refractivity contribution in [3.8, 4) is 0 Å². The Morgan fingerprint density at radius 3 is 1.45 bits per heavy atom. The van der Waals surface area contributed by atoms with E-state index in [4.69, 9.17) is 23.2 Å². The molecule has 1 aromatic carbocycles. The van der Waals surface area contributed by atoms with Crippen LogP contribution in [0.2, 0.25) is 0 Å². The fourth-order valence-electron chi connectivity index (χ4n) is 1.81. The number of amides is 2. The number of carbonyl (C=O) groups is 2. The monoisotopic (exact) mass is 344 g/mol. The molecule has 0 heterocycles. The molecule has 6 heteroatoms. The maximum absolute atomic E-state index is 11.5. The normalized spacial score (nSPS) is 10.3. The maximum atomic E-state index is 11.5. The highest BCUT2D eigenvalue weighted by Gasteiger charge is 2.02. The van der Waals surface area contributed by atoms with E-state index >= 15 is 0 Å². The van der Waals surface area contributed by atoms with Crippen LogP contribution in [0.3, 0.4) is 0 Å². The van der Waals surface area contributed by atoms with Crippen LogP contribution in [0.15, 0.2) is 24.3 Å². The van der Waals surface area contributed by atoms with Gasteiger partial charge in [0, 0.05) is 37.7 Å². The van der Waals surface area contributed by atoms with Gasteiger partial charge in [-0.3, -0.25) is 9.59 Å². The summed E-state index contributed by atoms with van der Waals surface area (Å²) in [7, 11) is 0. The lowest BCUT2D eigenvalue weighted by atomic mass is 10.1. The molecule has 0 bridgehead atoms. The molecule has 0 aromatic heterocycles. The predicted molar refractivity (Wildman–Crippen MR) is 90.0 cm³/mol. The SMILES string of the molecule is O=C(CCCCl)NCc1ccc(CNC(=O)CCCCl)cc1. The Morgan fingerprint density at radius 2 is 1.14 bits per heavy atom. The highest BCUT2D eigenvalue weighted by atomic mass is 35.5. The number of hydrogen-bond acceptors (Lipinski definition) is 2. The van der Waals surface area contributed by atoms with Crippen molar-refractivity contribution in [3.05, 3.63) is 35.4 Å². The second kappa shape index (κ2) is 11.3. The van der Waals surface area contributed by atoms with Gasteiger partial charge in [0.25, 0.3) is 0 Å². The van der Waals surface area contributed by atoms with Crippen molar-refractivity contribution in [2.24, 2.45) is 0 Å². The summed E-state index contributed by atoms with van der Waals surface area (Å²) >= 11 is 11.1. The van der Waals surface area contributed by atoms with Crippen molar-refractivity contribution in [2.45, 2.75) is 38.8 Å². The quantitative estimate of drug-likeness (QED) is 0.641. The largest absolute Gasteiger partial charge is 0.352 e. The van der Waals surface area contributed by atoms with Gasteiger partial charge in [-0.15, -0.1) is 23.2 Å². The summed E-state index contributed by atoms with van der Waals surface area (Å²) < 4.78 is 0. The van der Waals surface area contributed by atoms with E-state index in [9.17, 15) is 9.59 Å². The molecule has 2 amide bonds. The summed E-state index contributed by atoms with van der Waals surface area (Å²) in [6.07, 6.45) is 2.29. The fourth-order valence-corrected chi connectivity index (χ4v) is 2.08. The first-order valence-electron chi connectivity index (χ1n) is 7.39. The van der Waals surface area contributed by atoms with Crippen LogP contribution in [0.1, 0.15) is 36.8 Å². The zero-order valence-electron chi connectivity index (χ0n) is 12.5. The molecule has 0 saturated carbocycles. The second-order valence-corrected chi connectivity index (χ2v) is 5.71. The van der Waals surface area contributed by atoms with Crippen LogP contribution in [0.25, 0.3) is 0 Å². The van der Waals surface area contributed by atoms with Crippen molar-refractivity contribution in [3.63, 3.8) is 0 Å². The van der Waals surface area contributed by atoms with Gasteiger partial charge < -0.3 is 10.6 Å². The van der Waals surface area contributed by atoms with Crippen LogP contribution >= 0.6 is 23.2 Å². The molecule has 4 nitrogen and oxygen atoms in total. The third-order valence-corrected chi connectivity index (χ3v) is 3.61. The molecule has 0 spiro atoms. The highest BCUT2D eigenvalue weighted by Crippen LogP contribution is 2.05. The lowest BCUT2D eigenvalue weighted by Crippen LogP contribution is -2.23. The molecule has 0 aliphatic rings. The Hall–Kier alpha value is -1.26. The molecule has 0 unspecified atom stereocenters. The average Bonchev–Trinajstić information content (AvgIpc) is 2.55. The molecular formula is C16H22Cl2N2O2. The Kier molecular flexibility index (Phi) is 9.67. The molecule has 0 atom stereocenters. The van der Waals surface area contributed by atoms with Crippen molar-refractivity contribution < 1.29 is 9.59 Å². The zero-order chi connectivity index (χ0) is 16.2. The molecule has 0 aliphatic heterocycles. The fraction of sp³-hybridized carbons (Fsp3) is 0.500. The average molecular weight is 345 g/mol. The molecule has 1 aromatic rings. The lowest BCUT2D eigenvalue weighted by Gasteiger charge is -2.07. The van der Waals surface area contributed by atoms with Gasteiger partial charge in [0.2, 0.25) is 11.8 Å². The van der Waals surface area contributed by atoms with Gasteiger partial charge in [-0.05, 0) is 24.0 Å². The maximum Gasteiger partial charge on any atom is 0.220 e. The minimum absolute atomic E-state index is 0.0104. The Balaban J connectivity index is 2.30. The summed E-state index contributed by atoms with van der Waals surface area (Å²) in [4.78, 5) is 23.0. The van der Waals surface area contributed by atoms with Crippen molar-refractivity contribution in [1.29, 1.82) is 0 Å². The number of halogens is 2. The predicted octanol–water partition coefficient (Wildman–Crippen LogP) is 2.96. The molecule has 2 N–H and O–H groups in total. The van der Waals surface area contributed by atoms with E-state index in [1.807, 2.05) is 24.3 Å². The number of benzene rings is 1. The smallest absolute Gasteiger partial charge is 0.220 e. The van der Waals surface area contributed by atoms with Crippen LogP contribution < -0.4 is 10.6 Å². The summed E-state index contributed by atoms with van der Waals surface area (Å²) in [5.41, 5.74) is 2.05. The van der Waals surface area contributed by atoms with Crippen LogP contribution in [-0.4, -0.2) is 23.6 Å². The molecule has 22 heavy (non-hydrogen) atoms. The van der Waals surface area contributed by atoms with Gasteiger partial charge in [-0.1, -0.05) is 24.3 Å². The van der Waals surface area contributed by atoms with Crippen molar-refractivity contribution >= 4 is 35.0 Å². The van der Waals surface area contributed by atoms with Gasteiger partial charge >= 0.3 is 0 Å². The van der Waals surface area contributed by atoms with E-state index in [0.29, 0.717) is 50.5 Å². The minimum atomic E-state index is 0.0104. The third kappa shape index (κ3) is 8.25. The van der Waals surface area contributed by atoms with E-state index in [1.165, 1.54) is 0 Å². The molecule has 122 valence electrons. The number of alkyl halides is 2. The second-order valence-electron chi connectivity index (χ2n) is 4.96. The van der Waals surface area contributed by atoms with Gasteiger partial charge in [-0.25, -0.2) is 0 Å². The summed E-state index contributed by atoms with van der Waals surface area (Å²) in [6, 6.07) is 7.79. The van der Waals surface area contributed by atoms with E-state index < -0.39 is 0 Å². The van der Waals surface area contributed by atoms with Crippen molar-refractivity contribution in [2.75, 3.05) is 11.8 Å². The highest BCUT2D eigenvalue weighted by molar-refractivity contribution is 6.18.